The Hall–Kier alpha value is -0.120. The summed E-state index contributed by atoms with van der Waals surface area (Å²) in [6, 6.07) is 0. The fourth-order valence-corrected chi connectivity index (χ4v) is 2.19. The van der Waals surface area contributed by atoms with Crippen LogP contribution in [0.2, 0.25) is 0 Å². The summed E-state index contributed by atoms with van der Waals surface area (Å²) in [6.45, 7) is 5.08. The topological polar surface area (TPSA) is 38.7 Å². The minimum absolute atomic E-state index is 0.122. The number of ether oxygens (including phenoxy) is 2. The van der Waals surface area contributed by atoms with E-state index in [1.807, 2.05) is 13.8 Å². The molecule has 0 aromatic heterocycles. The predicted molar refractivity (Wildman–Crippen MR) is 43.7 cm³/mol. The molecule has 3 nitrogen and oxygen atoms in total. The molecule has 0 amide bonds. The molecule has 0 spiro atoms. The smallest absolute Gasteiger partial charge is 0.173 e. The Balaban J connectivity index is 2.16. The molecule has 1 atom stereocenters. The second-order valence-corrected chi connectivity index (χ2v) is 3.97. The Morgan fingerprint density at radius 3 is 2.08 bits per heavy atom. The molecular formula is C9H16O3. The van der Waals surface area contributed by atoms with Gasteiger partial charge in [-0.1, -0.05) is 0 Å². The van der Waals surface area contributed by atoms with Crippen LogP contribution in [0.5, 0.6) is 0 Å². The molecule has 1 saturated carbocycles. The SMILES string of the molecule is CC(O)C1(C2(C)OCCO2)CC1. The van der Waals surface area contributed by atoms with Crippen molar-refractivity contribution in [3.63, 3.8) is 0 Å². The molecule has 1 unspecified atom stereocenters. The van der Waals surface area contributed by atoms with Crippen LogP contribution in [0.15, 0.2) is 0 Å². The summed E-state index contributed by atoms with van der Waals surface area (Å²) < 4.78 is 11.1. The van der Waals surface area contributed by atoms with Crippen LogP contribution in [0.4, 0.5) is 0 Å². The van der Waals surface area contributed by atoms with Crippen molar-refractivity contribution in [1.29, 1.82) is 0 Å². The molecule has 1 saturated heterocycles. The summed E-state index contributed by atoms with van der Waals surface area (Å²) in [7, 11) is 0. The molecule has 0 bridgehead atoms. The van der Waals surface area contributed by atoms with Crippen molar-refractivity contribution in [3.8, 4) is 0 Å². The molecule has 1 N–H and O–H groups in total. The van der Waals surface area contributed by atoms with Gasteiger partial charge in [0.05, 0.1) is 19.3 Å². The van der Waals surface area contributed by atoms with Gasteiger partial charge >= 0.3 is 0 Å². The maximum atomic E-state index is 9.61. The molecule has 0 radical (unpaired) electrons. The van der Waals surface area contributed by atoms with Crippen molar-refractivity contribution < 1.29 is 14.6 Å². The van der Waals surface area contributed by atoms with Crippen LogP contribution in [0.25, 0.3) is 0 Å². The van der Waals surface area contributed by atoms with Gasteiger partial charge in [-0.05, 0) is 26.7 Å². The van der Waals surface area contributed by atoms with Crippen LogP contribution < -0.4 is 0 Å². The second-order valence-electron chi connectivity index (χ2n) is 3.97. The van der Waals surface area contributed by atoms with Crippen molar-refractivity contribution in [2.45, 2.75) is 38.6 Å². The largest absolute Gasteiger partial charge is 0.393 e. The van der Waals surface area contributed by atoms with E-state index < -0.39 is 5.79 Å². The molecule has 1 aliphatic heterocycles. The first-order chi connectivity index (χ1) is 5.61. The minimum Gasteiger partial charge on any atom is -0.393 e. The van der Waals surface area contributed by atoms with Crippen LogP contribution in [-0.4, -0.2) is 30.2 Å². The van der Waals surface area contributed by atoms with Gasteiger partial charge in [-0.2, -0.15) is 0 Å². The second kappa shape index (κ2) is 2.44. The number of aliphatic hydroxyl groups is 1. The summed E-state index contributed by atoms with van der Waals surface area (Å²) in [5.74, 6) is -0.527. The van der Waals surface area contributed by atoms with Gasteiger partial charge in [0.15, 0.2) is 5.79 Å². The monoisotopic (exact) mass is 172 g/mol. The van der Waals surface area contributed by atoms with Crippen molar-refractivity contribution >= 4 is 0 Å². The molecular weight excluding hydrogens is 156 g/mol. The quantitative estimate of drug-likeness (QED) is 0.673. The zero-order chi connectivity index (χ0) is 8.82. The van der Waals surface area contributed by atoms with E-state index in [9.17, 15) is 5.11 Å². The number of hydrogen-bond acceptors (Lipinski definition) is 3. The highest BCUT2D eigenvalue weighted by atomic mass is 16.7. The van der Waals surface area contributed by atoms with Gasteiger partial charge in [0.1, 0.15) is 0 Å². The van der Waals surface area contributed by atoms with Crippen LogP contribution in [0.3, 0.4) is 0 Å². The van der Waals surface area contributed by atoms with Gasteiger partial charge < -0.3 is 14.6 Å². The minimum atomic E-state index is -0.527. The highest BCUT2D eigenvalue weighted by Crippen LogP contribution is 2.59. The highest BCUT2D eigenvalue weighted by molar-refractivity contribution is 5.07. The molecule has 0 aromatic carbocycles. The summed E-state index contributed by atoms with van der Waals surface area (Å²) >= 11 is 0. The lowest BCUT2D eigenvalue weighted by molar-refractivity contribution is -0.214. The first kappa shape index (κ1) is 8.48. The van der Waals surface area contributed by atoms with Gasteiger partial charge in [-0.25, -0.2) is 0 Å². The molecule has 1 heterocycles. The lowest BCUT2D eigenvalue weighted by atomic mass is 9.91. The van der Waals surface area contributed by atoms with Crippen molar-refractivity contribution in [2.24, 2.45) is 5.41 Å². The Morgan fingerprint density at radius 2 is 1.75 bits per heavy atom. The van der Waals surface area contributed by atoms with Crippen LogP contribution in [0.1, 0.15) is 26.7 Å². The Bertz CT molecular complexity index is 178. The molecule has 70 valence electrons. The molecule has 3 heteroatoms. The van der Waals surface area contributed by atoms with E-state index in [0.717, 1.165) is 12.8 Å². The standard InChI is InChI=1S/C9H16O3/c1-7(10)9(3-4-9)8(2)11-5-6-12-8/h7,10H,3-6H2,1-2H3. The normalized spacial score (nSPS) is 33.2. The van der Waals surface area contributed by atoms with E-state index in [-0.39, 0.29) is 11.5 Å². The third-order valence-corrected chi connectivity index (χ3v) is 3.33. The zero-order valence-corrected chi connectivity index (χ0v) is 7.67. The predicted octanol–water partition coefficient (Wildman–Crippen LogP) is 0.910. The van der Waals surface area contributed by atoms with Crippen molar-refractivity contribution in [2.75, 3.05) is 13.2 Å². The van der Waals surface area contributed by atoms with Gasteiger partial charge in [0.25, 0.3) is 0 Å². The fourth-order valence-electron chi connectivity index (χ4n) is 2.19. The molecule has 2 rings (SSSR count). The first-order valence-electron chi connectivity index (χ1n) is 4.57. The summed E-state index contributed by atoms with van der Waals surface area (Å²) in [6.07, 6.45) is 1.70. The Kier molecular flexibility index (Phi) is 1.72. The Labute approximate surface area is 72.7 Å². The number of rotatable bonds is 2. The zero-order valence-electron chi connectivity index (χ0n) is 7.67. The number of hydrogen-bond donors (Lipinski definition) is 1. The van der Waals surface area contributed by atoms with E-state index in [1.54, 1.807) is 0 Å². The first-order valence-corrected chi connectivity index (χ1v) is 4.57. The van der Waals surface area contributed by atoms with E-state index in [4.69, 9.17) is 9.47 Å². The van der Waals surface area contributed by atoms with E-state index in [1.165, 1.54) is 0 Å². The third kappa shape index (κ3) is 0.934. The summed E-state index contributed by atoms with van der Waals surface area (Å²) in [5, 5.41) is 9.61. The van der Waals surface area contributed by atoms with Gasteiger partial charge in [-0.15, -0.1) is 0 Å². The van der Waals surface area contributed by atoms with Crippen LogP contribution in [-0.2, 0) is 9.47 Å². The Morgan fingerprint density at radius 1 is 1.25 bits per heavy atom. The maximum absolute atomic E-state index is 9.61. The van der Waals surface area contributed by atoms with E-state index in [2.05, 4.69) is 0 Å². The molecule has 12 heavy (non-hydrogen) atoms. The molecule has 2 fully saturated rings. The van der Waals surface area contributed by atoms with Crippen molar-refractivity contribution in [1.82, 2.24) is 0 Å². The molecule has 1 aliphatic carbocycles. The lowest BCUT2D eigenvalue weighted by Gasteiger charge is -2.34. The average Bonchev–Trinajstić information content (AvgIpc) is 2.72. The fraction of sp³-hybridized carbons (Fsp3) is 1.00. The van der Waals surface area contributed by atoms with Gasteiger partial charge in [0, 0.05) is 5.41 Å². The molecule has 2 aliphatic rings. The molecule has 0 aromatic rings. The van der Waals surface area contributed by atoms with E-state index in [0.29, 0.717) is 13.2 Å². The van der Waals surface area contributed by atoms with Gasteiger partial charge in [-0.3, -0.25) is 0 Å². The third-order valence-electron chi connectivity index (χ3n) is 3.33. The lowest BCUT2D eigenvalue weighted by Crippen LogP contribution is -2.43. The van der Waals surface area contributed by atoms with Crippen molar-refractivity contribution in [3.05, 3.63) is 0 Å². The highest BCUT2D eigenvalue weighted by Gasteiger charge is 2.63. The van der Waals surface area contributed by atoms with Gasteiger partial charge in [0.2, 0.25) is 0 Å². The number of aliphatic hydroxyl groups excluding tert-OH is 1. The van der Waals surface area contributed by atoms with Crippen LogP contribution >= 0.6 is 0 Å². The summed E-state index contributed by atoms with van der Waals surface area (Å²) in [5.41, 5.74) is -0.122. The van der Waals surface area contributed by atoms with Crippen LogP contribution in [0, 0.1) is 5.41 Å². The summed E-state index contributed by atoms with van der Waals surface area (Å²) in [4.78, 5) is 0. The maximum Gasteiger partial charge on any atom is 0.173 e. The van der Waals surface area contributed by atoms with E-state index >= 15 is 0 Å². The average molecular weight is 172 g/mol.